The Balaban J connectivity index is 1.60. The van der Waals surface area contributed by atoms with Crippen molar-refractivity contribution in [3.05, 3.63) is 69.1 Å². The number of carbonyl (C=O) groups is 1. The topological polar surface area (TPSA) is 59.3 Å². The Morgan fingerprint density at radius 1 is 1.40 bits per heavy atom. The highest BCUT2D eigenvalue weighted by Crippen LogP contribution is 2.23. The quantitative estimate of drug-likeness (QED) is 0.390. The fourth-order valence-corrected chi connectivity index (χ4v) is 3.66. The number of nitrogens with one attached hydrogen (secondary N) is 1. The second kappa shape index (κ2) is 8.33. The van der Waals surface area contributed by atoms with Crippen molar-refractivity contribution in [2.75, 3.05) is 0 Å². The van der Waals surface area contributed by atoms with Crippen molar-refractivity contribution in [3.63, 3.8) is 0 Å². The van der Waals surface area contributed by atoms with Gasteiger partial charge in [0.25, 0.3) is 5.91 Å². The van der Waals surface area contributed by atoms with Crippen LogP contribution in [0.25, 0.3) is 0 Å². The van der Waals surface area contributed by atoms with Gasteiger partial charge in [-0.1, -0.05) is 41.6 Å². The fourth-order valence-electron chi connectivity index (χ4n) is 2.04. The number of imidazole rings is 1. The van der Waals surface area contributed by atoms with E-state index in [0.29, 0.717) is 10.7 Å². The second-order valence-corrected chi connectivity index (χ2v) is 7.47. The molecule has 1 amide bonds. The largest absolute Gasteiger partial charge is 0.318 e. The molecule has 0 saturated heterocycles. The zero-order chi connectivity index (χ0) is 17.6. The van der Waals surface area contributed by atoms with E-state index >= 15 is 0 Å². The van der Waals surface area contributed by atoms with Crippen LogP contribution in [-0.2, 0) is 12.8 Å². The van der Waals surface area contributed by atoms with Crippen LogP contribution < -0.4 is 5.43 Å². The van der Waals surface area contributed by atoms with Gasteiger partial charge in [0.05, 0.1) is 12.4 Å². The molecule has 2 heterocycles. The van der Waals surface area contributed by atoms with Gasteiger partial charge in [0, 0.05) is 22.7 Å². The predicted octanol–water partition coefficient (Wildman–Crippen LogP) is 4.19. The molecular formula is C17H15ClN4OS2. The van der Waals surface area contributed by atoms with E-state index in [1.54, 1.807) is 40.1 Å². The minimum absolute atomic E-state index is 0.291. The SMILES string of the molecule is Cn1c(C(=O)NN=Cc2cccs2)cnc1SCc1ccc(Cl)cc1. The lowest BCUT2D eigenvalue weighted by Gasteiger charge is -2.05. The highest BCUT2D eigenvalue weighted by Gasteiger charge is 2.13. The first-order valence-electron chi connectivity index (χ1n) is 7.39. The van der Waals surface area contributed by atoms with Gasteiger partial charge in [0.15, 0.2) is 5.16 Å². The monoisotopic (exact) mass is 390 g/mol. The van der Waals surface area contributed by atoms with Crippen LogP contribution in [0.5, 0.6) is 0 Å². The van der Waals surface area contributed by atoms with Gasteiger partial charge in [0.2, 0.25) is 0 Å². The number of thioether (sulfide) groups is 1. The highest BCUT2D eigenvalue weighted by molar-refractivity contribution is 7.98. The zero-order valence-electron chi connectivity index (χ0n) is 13.3. The molecule has 1 aromatic carbocycles. The summed E-state index contributed by atoms with van der Waals surface area (Å²) in [6, 6.07) is 11.5. The van der Waals surface area contributed by atoms with Gasteiger partial charge in [-0.05, 0) is 29.1 Å². The van der Waals surface area contributed by atoms with Crippen LogP contribution in [0.1, 0.15) is 20.9 Å². The minimum atomic E-state index is -0.291. The molecule has 0 fully saturated rings. The minimum Gasteiger partial charge on any atom is -0.318 e. The summed E-state index contributed by atoms with van der Waals surface area (Å²) in [5.41, 5.74) is 4.13. The van der Waals surface area contributed by atoms with Crippen molar-refractivity contribution in [2.45, 2.75) is 10.9 Å². The average Bonchev–Trinajstić information content (AvgIpc) is 3.24. The molecule has 2 aromatic heterocycles. The first-order valence-corrected chi connectivity index (χ1v) is 9.63. The lowest BCUT2D eigenvalue weighted by Crippen LogP contribution is -2.20. The Kier molecular flexibility index (Phi) is 5.91. The molecule has 25 heavy (non-hydrogen) atoms. The maximum Gasteiger partial charge on any atom is 0.289 e. The summed E-state index contributed by atoms with van der Waals surface area (Å²) in [4.78, 5) is 17.5. The van der Waals surface area contributed by atoms with Gasteiger partial charge in [0.1, 0.15) is 5.69 Å². The molecule has 0 aliphatic carbocycles. The zero-order valence-corrected chi connectivity index (χ0v) is 15.7. The van der Waals surface area contributed by atoms with Crippen LogP contribution in [0.3, 0.4) is 0 Å². The molecular weight excluding hydrogens is 376 g/mol. The summed E-state index contributed by atoms with van der Waals surface area (Å²) in [6.07, 6.45) is 3.18. The molecule has 0 unspecified atom stereocenters. The van der Waals surface area contributed by atoms with E-state index in [2.05, 4.69) is 15.5 Å². The Labute approximate surface area is 158 Å². The smallest absolute Gasteiger partial charge is 0.289 e. The molecule has 0 aliphatic rings. The number of rotatable bonds is 6. The fraction of sp³-hybridized carbons (Fsp3) is 0.118. The number of hydrogen-bond donors (Lipinski definition) is 1. The van der Waals surface area contributed by atoms with Crippen molar-refractivity contribution in [1.29, 1.82) is 0 Å². The van der Waals surface area contributed by atoms with E-state index in [-0.39, 0.29) is 5.91 Å². The normalized spacial score (nSPS) is 11.1. The number of halogens is 1. The molecule has 128 valence electrons. The molecule has 0 atom stereocenters. The number of amides is 1. The number of aromatic nitrogens is 2. The van der Waals surface area contributed by atoms with Gasteiger partial charge >= 0.3 is 0 Å². The van der Waals surface area contributed by atoms with Crippen molar-refractivity contribution >= 4 is 46.8 Å². The number of nitrogens with zero attached hydrogens (tertiary/aromatic N) is 3. The average molecular weight is 391 g/mol. The lowest BCUT2D eigenvalue weighted by atomic mass is 10.2. The van der Waals surface area contributed by atoms with Gasteiger partial charge in [-0.3, -0.25) is 4.79 Å². The van der Waals surface area contributed by atoms with Gasteiger partial charge in [-0.15, -0.1) is 11.3 Å². The number of thiophene rings is 1. The van der Waals surface area contributed by atoms with Crippen LogP contribution in [0, 0.1) is 0 Å². The summed E-state index contributed by atoms with van der Waals surface area (Å²) in [6.45, 7) is 0. The molecule has 1 N–H and O–H groups in total. The Morgan fingerprint density at radius 2 is 2.20 bits per heavy atom. The number of carbonyl (C=O) groups excluding carboxylic acids is 1. The van der Waals surface area contributed by atoms with E-state index < -0.39 is 0 Å². The van der Waals surface area contributed by atoms with Gasteiger partial charge < -0.3 is 4.57 Å². The second-order valence-electron chi connectivity index (χ2n) is 5.11. The first kappa shape index (κ1) is 17.7. The molecule has 0 aliphatic heterocycles. The van der Waals surface area contributed by atoms with E-state index in [0.717, 1.165) is 21.3 Å². The van der Waals surface area contributed by atoms with E-state index in [9.17, 15) is 4.79 Å². The molecule has 0 spiro atoms. The summed E-state index contributed by atoms with van der Waals surface area (Å²) < 4.78 is 1.76. The van der Waals surface area contributed by atoms with E-state index in [4.69, 9.17) is 11.6 Å². The summed E-state index contributed by atoms with van der Waals surface area (Å²) >= 11 is 9.00. The Morgan fingerprint density at radius 3 is 2.92 bits per heavy atom. The summed E-state index contributed by atoms with van der Waals surface area (Å²) in [5.74, 6) is 0.459. The maximum absolute atomic E-state index is 12.2. The molecule has 0 bridgehead atoms. The van der Waals surface area contributed by atoms with E-state index in [1.807, 2.05) is 48.8 Å². The van der Waals surface area contributed by atoms with Crippen LogP contribution in [0.15, 0.2) is 58.2 Å². The Bertz CT molecular complexity index is 873. The van der Waals surface area contributed by atoms with Gasteiger partial charge in [-0.2, -0.15) is 5.10 Å². The molecule has 8 heteroatoms. The number of benzene rings is 1. The molecule has 5 nitrogen and oxygen atoms in total. The summed E-state index contributed by atoms with van der Waals surface area (Å²) in [5, 5.41) is 7.40. The summed E-state index contributed by atoms with van der Waals surface area (Å²) in [7, 11) is 1.81. The van der Waals surface area contributed by atoms with Crippen LogP contribution >= 0.6 is 34.7 Å². The number of hydrazone groups is 1. The molecule has 0 saturated carbocycles. The van der Waals surface area contributed by atoms with Crippen LogP contribution in [-0.4, -0.2) is 21.7 Å². The third-order valence-electron chi connectivity index (χ3n) is 3.36. The molecule has 3 aromatic rings. The highest BCUT2D eigenvalue weighted by atomic mass is 35.5. The predicted molar refractivity (Wildman–Crippen MR) is 104 cm³/mol. The first-order chi connectivity index (χ1) is 12.1. The van der Waals surface area contributed by atoms with Crippen LogP contribution in [0.2, 0.25) is 5.02 Å². The molecule has 3 rings (SSSR count). The number of hydrogen-bond acceptors (Lipinski definition) is 5. The standard InChI is InChI=1S/C17H15ClN4OS2/c1-22-15(16(23)21-20-9-14-3-2-8-24-14)10-19-17(22)25-11-12-4-6-13(18)7-5-12/h2-10H,11H2,1H3,(H,21,23). The van der Waals surface area contributed by atoms with Crippen molar-refractivity contribution in [2.24, 2.45) is 12.1 Å². The van der Waals surface area contributed by atoms with Crippen LogP contribution in [0.4, 0.5) is 0 Å². The third-order valence-corrected chi connectivity index (χ3v) is 5.53. The van der Waals surface area contributed by atoms with E-state index in [1.165, 1.54) is 0 Å². The lowest BCUT2D eigenvalue weighted by molar-refractivity contribution is 0.0946. The maximum atomic E-state index is 12.2. The third kappa shape index (κ3) is 4.72. The van der Waals surface area contributed by atoms with Crippen molar-refractivity contribution < 1.29 is 4.79 Å². The van der Waals surface area contributed by atoms with Crippen molar-refractivity contribution in [3.8, 4) is 0 Å². The molecule has 0 radical (unpaired) electrons. The Hall–Kier alpha value is -2.09. The van der Waals surface area contributed by atoms with Crippen molar-refractivity contribution in [1.82, 2.24) is 15.0 Å². The van der Waals surface area contributed by atoms with Gasteiger partial charge in [-0.25, -0.2) is 10.4 Å².